The Morgan fingerprint density at radius 2 is 1.97 bits per heavy atom. The number of fused-ring (bicyclic) bond motifs is 1. The van der Waals surface area contributed by atoms with Gasteiger partial charge in [-0.1, -0.05) is 19.9 Å². The predicted molar refractivity (Wildman–Crippen MR) is 125 cm³/mol. The maximum Gasteiger partial charge on any atom is 0.226 e. The number of hydrogen-bond acceptors (Lipinski definition) is 5. The number of anilines is 1. The number of amides is 1. The van der Waals surface area contributed by atoms with Crippen molar-refractivity contribution in [1.82, 2.24) is 14.9 Å². The van der Waals surface area contributed by atoms with Crippen LogP contribution in [0.5, 0.6) is 0 Å². The number of ether oxygens (including phenoxy) is 1. The Labute approximate surface area is 186 Å². The molecule has 6 nitrogen and oxygen atoms in total. The lowest BCUT2D eigenvalue weighted by atomic mass is 9.95. The molecule has 2 aliphatic heterocycles. The predicted octanol–water partition coefficient (Wildman–Crippen LogP) is 4.31. The number of carbonyl (C=O) groups excluding carboxylic acids is 1. The fraction of sp³-hybridized carbons (Fsp3) is 0.640. The number of aromatic nitrogens is 2. The standard InChI is InChI=1S/C25H36N4O2/c1-17(2)20-8-9-23-22(15-20)18(3)26-25(27-23)29-12-10-19(11-13-29)24(30)28(4)16-21-7-5-6-14-31-21/h8-9,15,17,19,21H,5-7,10-14,16H2,1-4H3/t21-/m1/s1. The van der Waals surface area contributed by atoms with Gasteiger partial charge in [-0.3, -0.25) is 4.79 Å². The minimum Gasteiger partial charge on any atom is -0.376 e. The smallest absolute Gasteiger partial charge is 0.226 e. The summed E-state index contributed by atoms with van der Waals surface area (Å²) >= 11 is 0. The van der Waals surface area contributed by atoms with E-state index in [1.54, 1.807) is 0 Å². The van der Waals surface area contributed by atoms with Crippen LogP contribution in [0.3, 0.4) is 0 Å². The number of nitrogens with zero attached hydrogens (tertiary/aromatic N) is 4. The van der Waals surface area contributed by atoms with Gasteiger partial charge in [0.2, 0.25) is 11.9 Å². The van der Waals surface area contributed by atoms with E-state index in [-0.39, 0.29) is 17.9 Å². The summed E-state index contributed by atoms with van der Waals surface area (Å²) in [5.41, 5.74) is 3.33. The van der Waals surface area contributed by atoms with E-state index in [1.807, 2.05) is 11.9 Å². The van der Waals surface area contributed by atoms with Crippen LogP contribution >= 0.6 is 0 Å². The number of benzene rings is 1. The average molecular weight is 425 g/mol. The molecular formula is C25H36N4O2. The molecule has 3 heterocycles. The van der Waals surface area contributed by atoms with Gasteiger partial charge in [-0.2, -0.15) is 0 Å². The highest BCUT2D eigenvalue weighted by atomic mass is 16.5. The molecule has 6 heteroatoms. The van der Waals surface area contributed by atoms with E-state index in [4.69, 9.17) is 14.7 Å². The number of rotatable bonds is 5. The first kappa shape index (κ1) is 22.0. The molecule has 0 unspecified atom stereocenters. The van der Waals surface area contributed by atoms with Crippen LogP contribution in [0.4, 0.5) is 5.95 Å². The monoisotopic (exact) mass is 424 g/mol. The molecule has 0 spiro atoms. The molecule has 2 aliphatic rings. The number of hydrogen-bond donors (Lipinski definition) is 0. The minimum atomic E-state index is 0.0833. The molecule has 0 bridgehead atoms. The zero-order valence-electron chi connectivity index (χ0n) is 19.4. The van der Waals surface area contributed by atoms with Crippen LogP contribution in [-0.2, 0) is 9.53 Å². The summed E-state index contributed by atoms with van der Waals surface area (Å²) in [4.78, 5) is 26.7. The van der Waals surface area contributed by atoms with Gasteiger partial charge in [0.1, 0.15) is 0 Å². The van der Waals surface area contributed by atoms with Crippen LogP contribution in [0.15, 0.2) is 18.2 Å². The molecule has 0 saturated carbocycles. The Balaban J connectivity index is 1.38. The van der Waals surface area contributed by atoms with Gasteiger partial charge in [-0.25, -0.2) is 9.97 Å². The van der Waals surface area contributed by atoms with E-state index in [0.717, 1.165) is 67.9 Å². The third-order valence-corrected chi connectivity index (χ3v) is 6.82. The Morgan fingerprint density at radius 3 is 2.65 bits per heavy atom. The van der Waals surface area contributed by atoms with Gasteiger partial charge in [0.25, 0.3) is 0 Å². The summed E-state index contributed by atoms with van der Waals surface area (Å²) < 4.78 is 5.81. The molecule has 1 aromatic carbocycles. The summed E-state index contributed by atoms with van der Waals surface area (Å²) in [5.74, 6) is 1.62. The highest BCUT2D eigenvalue weighted by molar-refractivity contribution is 5.83. The topological polar surface area (TPSA) is 58.6 Å². The molecule has 1 aromatic heterocycles. The highest BCUT2D eigenvalue weighted by Crippen LogP contribution is 2.27. The minimum absolute atomic E-state index is 0.0833. The quantitative estimate of drug-likeness (QED) is 0.716. The fourth-order valence-corrected chi connectivity index (χ4v) is 4.77. The first-order valence-corrected chi connectivity index (χ1v) is 11.8. The highest BCUT2D eigenvalue weighted by Gasteiger charge is 2.29. The zero-order chi connectivity index (χ0) is 22.0. The molecule has 1 atom stereocenters. The van der Waals surface area contributed by atoms with Crippen LogP contribution in [0.2, 0.25) is 0 Å². The summed E-state index contributed by atoms with van der Waals surface area (Å²) in [6.45, 7) is 9.65. The van der Waals surface area contributed by atoms with E-state index in [1.165, 1.54) is 12.0 Å². The van der Waals surface area contributed by atoms with Crippen LogP contribution in [-0.4, -0.2) is 60.2 Å². The lowest BCUT2D eigenvalue weighted by Crippen LogP contribution is -2.44. The van der Waals surface area contributed by atoms with E-state index in [2.05, 4.69) is 43.9 Å². The van der Waals surface area contributed by atoms with Gasteiger partial charge in [0, 0.05) is 44.6 Å². The van der Waals surface area contributed by atoms with E-state index < -0.39 is 0 Å². The molecule has 2 saturated heterocycles. The van der Waals surface area contributed by atoms with Crippen LogP contribution in [0.25, 0.3) is 10.9 Å². The summed E-state index contributed by atoms with van der Waals surface area (Å²) in [6, 6.07) is 6.50. The van der Waals surface area contributed by atoms with Gasteiger partial charge in [-0.05, 0) is 62.6 Å². The van der Waals surface area contributed by atoms with Crippen LogP contribution in [0.1, 0.15) is 63.1 Å². The lowest BCUT2D eigenvalue weighted by Gasteiger charge is -2.34. The maximum atomic E-state index is 13.0. The lowest BCUT2D eigenvalue weighted by molar-refractivity contribution is -0.137. The van der Waals surface area contributed by atoms with Crippen molar-refractivity contribution in [3.63, 3.8) is 0 Å². The molecule has 168 valence electrons. The average Bonchev–Trinajstić information content (AvgIpc) is 2.79. The molecular weight excluding hydrogens is 388 g/mol. The Kier molecular flexibility index (Phi) is 6.75. The molecule has 0 aliphatic carbocycles. The first-order chi connectivity index (χ1) is 14.9. The first-order valence-electron chi connectivity index (χ1n) is 11.8. The van der Waals surface area contributed by atoms with Crippen LogP contribution in [0, 0.1) is 12.8 Å². The van der Waals surface area contributed by atoms with E-state index in [0.29, 0.717) is 12.5 Å². The molecule has 2 fully saturated rings. The van der Waals surface area contributed by atoms with Crippen molar-refractivity contribution in [2.24, 2.45) is 5.92 Å². The van der Waals surface area contributed by atoms with Crippen molar-refractivity contribution in [2.75, 3.05) is 38.2 Å². The molecule has 0 radical (unpaired) electrons. The van der Waals surface area contributed by atoms with Gasteiger partial charge in [-0.15, -0.1) is 0 Å². The Hall–Kier alpha value is -2.21. The summed E-state index contributed by atoms with van der Waals surface area (Å²) in [6.07, 6.45) is 5.31. The van der Waals surface area contributed by atoms with Gasteiger partial charge in [0.05, 0.1) is 17.3 Å². The second kappa shape index (κ2) is 9.51. The largest absolute Gasteiger partial charge is 0.376 e. The number of carbonyl (C=O) groups is 1. The van der Waals surface area contributed by atoms with Crippen molar-refractivity contribution < 1.29 is 9.53 Å². The second-order valence-corrected chi connectivity index (χ2v) is 9.51. The number of aryl methyl sites for hydroxylation is 1. The van der Waals surface area contributed by atoms with Crippen molar-refractivity contribution in [1.29, 1.82) is 0 Å². The SMILES string of the molecule is Cc1nc(N2CCC(C(=O)N(C)C[C@H]3CCCCO3)CC2)nc2ccc(C(C)C)cc12. The molecule has 1 amide bonds. The fourth-order valence-electron chi connectivity index (χ4n) is 4.77. The second-order valence-electron chi connectivity index (χ2n) is 9.51. The molecule has 0 N–H and O–H groups in total. The third-order valence-electron chi connectivity index (χ3n) is 6.82. The Bertz CT molecular complexity index is 915. The van der Waals surface area contributed by atoms with Gasteiger partial charge >= 0.3 is 0 Å². The van der Waals surface area contributed by atoms with E-state index >= 15 is 0 Å². The Morgan fingerprint density at radius 1 is 1.19 bits per heavy atom. The van der Waals surface area contributed by atoms with Crippen molar-refractivity contribution in [3.05, 3.63) is 29.5 Å². The van der Waals surface area contributed by atoms with Crippen molar-refractivity contribution in [3.8, 4) is 0 Å². The number of likely N-dealkylation sites (N-methyl/N-ethyl adjacent to an activating group) is 1. The van der Waals surface area contributed by atoms with Crippen LogP contribution < -0.4 is 4.90 Å². The van der Waals surface area contributed by atoms with Crippen molar-refractivity contribution >= 4 is 22.8 Å². The third kappa shape index (κ3) is 5.00. The molecule has 31 heavy (non-hydrogen) atoms. The normalized spacial score (nSPS) is 20.4. The zero-order valence-corrected chi connectivity index (χ0v) is 19.4. The molecule has 4 rings (SSSR count). The van der Waals surface area contributed by atoms with E-state index in [9.17, 15) is 4.79 Å². The summed E-state index contributed by atoms with van der Waals surface area (Å²) in [7, 11) is 1.92. The summed E-state index contributed by atoms with van der Waals surface area (Å²) in [5, 5.41) is 1.13. The van der Waals surface area contributed by atoms with Gasteiger partial charge < -0.3 is 14.5 Å². The molecule has 2 aromatic rings. The van der Waals surface area contributed by atoms with Gasteiger partial charge in [0.15, 0.2) is 0 Å². The van der Waals surface area contributed by atoms with Crippen molar-refractivity contribution in [2.45, 2.75) is 64.9 Å². The number of piperidine rings is 1. The maximum absolute atomic E-state index is 13.0.